The quantitative estimate of drug-likeness (QED) is 0.694. The largest absolute Gasteiger partial charge is 0.368 e. The summed E-state index contributed by atoms with van der Waals surface area (Å²) < 4.78 is 0. The van der Waals surface area contributed by atoms with E-state index in [-0.39, 0.29) is 18.4 Å². The van der Waals surface area contributed by atoms with Gasteiger partial charge < -0.3 is 10.2 Å². The third-order valence-electron chi connectivity index (χ3n) is 4.73. The summed E-state index contributed by atoms with van der Waals surface area (Å²) in [7, 11) is 0. The van der Waals surface area contributed by atoms with Gasteiger partial charge in [-0.15, -0.1) is 6.58 Å². The number of nitrogens with one attached hydrogen (secondary N) is 1. The molecule has 2 aliphatic heterocycles. The lowest BCUT2D eigenvalue weighted by atomic mass is 9.92. The van der Waals surface area contributed by atoms with E-state index >= 15 is 0 Å². The fourth-order valence-electron chi connectivity index (χ4n) is 3.60. The average molecular weight is 321 g/mol. The zero-order valence-corrected chi connectivity index (χ0v) is 13.4. The van der Waals surface area contributed by atoms with Crippen molar-refractivity contribution < 1.29 is 9.59 Å². The van der Waals surface area contributed by atoms with Crippen molar-refractivity contribution in [3.05, 3.63) is 54.1 Å². The summed E-state index contributed by atoms with van der Waals surface area (Å²) >= 11 is 0. The molecule has 2 heterocycles. The summed E-state index contributed by atoms with van der Waals surface area (Å²) in [4.78, 5) is 29.3. The van der Waals surface area contributed by atoms with Gasteiger partial charge in [0.2, 0.25) is 0 Å². The Morgan fingerprint density at radius 2 is 1.88 bits per heavy atom. The SMILES string of the molecule is C=CCN1C(=O)c2cccc3ccc(N4CCNCC4)c(c23)C1=O. The van der Waals surface area contributed by atoms with Crippen LogP contribution in [0.15, 0.2) is 43.0 Å². The van der Waals surface area contributed by atoms with E-state index in [2.05, 4.69) is 16.8 Å². The van der Waals surface area contributed by atoms with Gasteiger partial charge in [-0.05, 0) is 17.5 Å². The molecule has 122 valence electrons. The average Bonchev–Trinajstić information content (AvgIpc) is 2.63. The molecule has 2 amide bonds. The van der Waals surface area contributed by atoms with Crippen LogP contribution in [0.25, 0.3) is 10.8 Å². The lowest BCUT2D eigenvalue weighted by Gasteiger charge is -2.34. The van der Waals surface area contributed by atoms with E-state index in [0.717, 1.165) is 42.6 Å². The van der Waals surface area contributed by atoms with Crippen molar-refractivity contribution in [2.75, 3.05) is 37.6 Å². The molecule has 1 N–H and O–H groups in total. The van der Waals surface area contributed by atoms with Crippen LogP contribution in [0.2, 0.25) is 0 Å². The van der Waals surface area contributed by atoms with Crippen molar-refractivity contribution in [2.24, 2.45) is 0 Å². The first kappa shape index (κ1) is 14.9. The lowest BCUT2D eigenvalue weighted by molar-refractivity contribution is 0.0629. The van der Waals surface area contributed by atoms with Crippen molar-refractivity contribution >= 4 is 28.3 Å². The predicted octanol–water partition coefficient (Wildman–Crippen LogP) is 2.03. The van der Waals surface area contributed by atoms with Crippen LogP contribution in [-0.2, 0) is 0 Å². The molecule has 0 aliphatic carbocycles. The molecule has 2 aliphatic rings. The summed E-state index contributed by atoms with van der Waals surface area (Å²) in [6, 6.07) is 9.63. The van der Waals surface area contributed by atoms with Gasteiger partial charge in [-0.1, -0.05) is 24.3 Å². The number of carbonyl (C=O) groups excluding carboxylic acids is 2. The van der Waals surface area contributed by atoms with Crippen LogP contribution in [0.5, 0.6) is 0 Å². The Morgan fingerprint density at radius 3 is 2.62 bits per heavy atom. The maximum Gasteiger partial charge on any atom is 0.263 e. The van der Waals surface area contributed by atoms with E-state index in [0.29, 0.717) is 11.1 Å². The van der Waals surface area contributed by atoms with E-state index in [4.69, 9.17) is 0 Å². The Kier molecular flexibility index (Phi) is 3.58. The van der Waals surface area contributed by atoms with Crippen LogP contribution in [0.3, 0.4) is 0 Å². The molecule has 0 unspecified atom stereocenters. The fraction of sp³-hybridized carbons (Fsp3) is 0.263. The maximum atomic E-state index is 13.1. The molecule has 1 saturated heterocycles. The molecule has 0 saturated carbocycles. The number of hydrogen-bond acceptors (Lipinski definition) is 4. The van der Waals surface area contributed by atoms with Crippen molar-refractivity contribution in [1.29, 1.82) is 0 Å². The molecular weight excluding hydrogens is 302 g/mol. The van der Waals surface area contributed by atoms with Crippen LogP contribution in [0.1, 0.15) is 20.7 Å². The van der Waals surface area contributed by atoms with Gasteiger partial charge in [0, 0.05) is 43.7 Å². The number of imide groups is 1. The maximum absolute atomic E-state index is 13.1. The summed E-state index contributed by atoms with van der Waals surface area (Å²) in [5.41, 5.74) is 2.16. The van der Waals surface area contributed by atoms with E-state index in [1.54, 1.807) is 12.1 Å². The van der Waals surface area contributed by atoms with Gasteiger partial charge in [0.25, 0.3) is 11.8 Å². The molecule has 0 spiro atoms. The third kappa shape index (κ3) is 2.12. The lowest BCUT2D eigenvalue weighted by Crippen LogP contribution is -2.46. The molecular formula is C19H19N3O2. The summed E-state index contributed by atoms with van der Waals surface area (Å²) in [5, 5.41) is 5.04. The minimum atomic E-state index is -0.240. The van der Waals surface area contributed by atoms with Crippen molar-refractivity contribution in [3.63, 3.8) is 0 Å². The monoisotopic (exact) mass is 321 g/mol. The molecule has 4 rings (SSSR count). The van der Waals surface area contributed by atoms with E-state index in [1.165, 1.54) is 4.90 Å². The number of anilines is 1. The molecule has 2 aromatic carbocycles. The number of nitrogens with zero attached hydrogens (tertiary/aromatic N) is 2. The summed E-state index contributed by atoms with van der Waals surface area (Å²) in [6.45, 7) is 7.39. The van der Waals surface area contributed by atoms with Crippen molar-refractivity contribution in [2.45, 2.75) is 0 Å². The molecule has 0 atom stereocenters. The topological polar surface area (TPSA) is 52.7 Å². The van der Waals surface area contributed by atoms with Crippen LogP contribution in [-0.4, -0.2) is 49.4 Å². The zero-order chi connectivity index (χ0) is 16.7. The van der Waals surface area contributed by atoms with Crippen LogP contribution in [0, 0.1) is 0 Å². The van der Waals surface area contributed by atoms with Crippen LogP contribution in [0.4, 0.5) is 5.69 Å². The molecule has 0 bridgehead atoms. The fourth-order valence-corrected chi connectivity index (χ4v) is 3.60. The summed E-state index contributed by atoms with van der Waals surface area (Å²) in [6.07, 6.45) is 1.59. The van der Waals surface area contributed by atoms with Gasteiger partial charge in [0.05, 0.1) is 11.3 Å². The molecule has 1 fully saturated rings. The van der Waals surface area contributed by atoms with Crippen LogP contribution < -0.4 is 10.2 Å². The minimum absolute atomic E-state index is 0.224. The Bertz CT molecular complexity index is 853. The summed E-state index contributed by atoms with van der Waals surface area (Å²) in [5.74, 6) is -0.465. The number of amides is 2. The number of hydrogen-bond donors (Lipinski definition) is 1. The van der Waals surface area contributed by atoms with Gasteiger partial charge in [0.1, 0.15) is 0 Å². The molecule has 24 heavy (non-hydrogen) atoms. The van der Waals surface area contributed by atoms with Crippen molar-refractivity contribution in [1.82, 2.24) is 10.2 Å². The Morgan fingerprint density at radius 1 is 1.08 bits per heavy atom. The standard InChI is InChI=1S/C19H19N3O2/c1-2-10-22-18(23)14-5-3-4-13-6-7-15(17(16(13)14)19(22)24)21-11-8-20-9-12-21/h2-7,20H,1,8-12H2. The number of carbonyl (C=O) groups is 2. The van der Waals surface area contributed by atoms with E-state index < -0.39 is 0 Å². The zero-order valence-electron chi connectivity index (χ0n) is 13.4. The highest BCUT2D eigenvalue weighted by atomic mass is 16.2. The Labute approximate surface area is 140 Å². The smallest absolute Gasteiger partial charge is 0.263 e. The predicted molar refractivity (Wildman–Crippen MR) is 94.6 cm³/mol. The molecule has 5 nitrogen and oxygen atoms in total. The Hall–Kier alpha value is -2.66. The van der Waals surface area contributed by atoms with E-state index in [9.17, 15) is 9.59 Å². The van der Waals surface area contributed by atoms with Gasteiger partial charge in [-0.2, -0.15) is 0 Å². The van der Waals surface area contributed by atoms with Gasteiger partial charge in [0.15, 0.2) is 0 Å². The normalized spacial score (nSPS) is 17.5. The molecule has 2 aromatic rings. The highest BCUT2D eigenvalue weighted by Crippen LogP contribution is 2.36. The number of benzene rings is 2. The van der Waals surface area contributed by atoms with Gasteiger partial charge in [-0.3, -0.25) is 14.5 Å². The van der Waals surface area contributed by atoms with Gasteiger partial charge >= 0.3 is 0 Å². The first-order valence-electron chi connectivity index (χ1n) is 8.21. The van der Waals surface area contributed by atoms with E-state index in [1.807, 2.05) is 24.3 Å². The molecule has 5 heteroatoms. The minimum Gasteiger partial charge on any atom is -0.368 e. The van der Waals surface area contributed by atoms with Crippen molar-refractivity contribution in [3.8, 4) is 0 Å². The number of rotatable bonds is 3. The second-order valence-corrected chi connectivity index (χ2v) is 6.11. The Balaban J connectivity index is 1.97. The molecule has 0 aromatic heterocycles. The second-order valence-electron chi connectivity index (χ2n) is 6.11. The first-order valence-corrected chi connectivity index (χ1v) is 8.21. The third-order valence-corrected chi connectivity index (χ3v) is 4.73. The second kappa shape index (κ2) is 5.76. The molecule has 0 radical (unpaired) electrons. The highest BCUT2D eigenvalue weighted by Gasteiger charge is 2.35. The highest BCUT2D eigenvalue weighted by molar-refractivity contribution is 6.27. The van der Waals surface area contributed by atoms with Crippen LogP contribution >= 0.6 is 0 Å². The van der Waals surface area contributed by atoms with Gasteiger partial charge in [-0.25, -0.2) is 0 Å². The number of piperazine rings is 1. The first-order chi connectivity index (χ1) is 11.7.